The molecule has 0 fully saturated rings. The van der Waals surface area contributed by atoms with Gasteiger partial charge in [-0.25, -0.2) is 9.78 Å². The zero-order chi connectivity index (χ0) is 17.4. The van der Waals surface area contributed by atoms with E-state index in [4.69, 9.17) is 4.74 Å². The third kappa shape index (κ3) is 5.98. The van der Waals surface area contributed by atoms with Crippen LogP contribution < -0.4 is 16.0 Å². The van der Waals surface area contributed by atoms with Crippen LogP contribution in [0.3, 0.4) is 0 Å². The highest BCUT2D eigenvalue weighted by atomic mass is 32.1. The van der Waals surface area contributed by atoms with Gasteiger partial charge in [0.1, 0.15) is 0 Å². The number of nitrogens with one attached hydrogen (secondary N) is 3. The number of rotatable bonds is 7. The van der Waals surface area contributed by atoms with E-state index in [1.165, 1.54) is 11.3 Å². The van der Waals surface area contributed by atoms with Crippen LogP contribution in [0.15, 0.2) is 29.6 Å². The summed E-state index contributed by atoms with van der Waals surface area (Å²) in [5, 5.41) is 10.3. The fraction of sp³-hybridized carbons (Fsp3) is 0.312. The number of aryl methyl sites for hydroxylation is 1. The predicted octanol–water partition coefficient (Wildman–Crippen LogP) is 2.40. The van der Waals surface area contributed by atoms with Crippen molar-refractivity contribution in [2.75, 3.05) is 30.9 Å². The first-order chi connectivity index (χ1) is 11.6. The zero-order valence-electron chi connectivity index (χ0n) is 13.6. The van der Waals surface area contributed by atoms with Crippen molar-refractivity contribution in [3.8, 4) is 0 Å². The lowest BCUT2D eigenvalue weighted by Gasteiger charge is -2.05. The Hall–Kier alpha value is -2.45. The molecule has 0 atom stereocenters. The normalized spacial score (nSPS) is 10.2. The maximum atomic E-state index is 11.9. The van der Waals surface area contributed by atoms with Gasteiger partial charge in [-0.1, -0.05) is 17.7 Å². The zero-order valence-corrected chi connectivity index (χ0v) is 14.4. The number of benzene rings is 1. The van der Waals surface area contributed by atoms with Crippen LogP contribution in [0.4, 0.5) is 15.6 Å². The molecule has 8 heteroatoms. The average molecular weight is 348 g/mol. The number of amides is 3. The Balaban J connectivity index is 1.81. The van der Waals surface area contributed by atoms with E-state index in [-0.39, 0.29) is 18.4 Å². The van der Waals surface area contributed by atoms with Gasteiger partial charge in [0, 0.05) is 24.7 Å². The summed E-state index contributed by atoms with van der Waals surface area (Å²) in [7, 11) is 1.58. The number of aromatic nitrogens is 1. The molecule has 0 saturated heterocycles. The Kier molecular flexibility index (Phi) is 6.71. The smallest absolute Gasteiger partial charge is 0.325 e. The number of methoxy groups -OCH3 is 1. The van der Waals surface area contributed by atoms with Crippen LogP contribution in [0.25, 0.3) is 0 Å². The highest BCUT2D eigenvalue weighted by Gasteiger charge is 2.09. The van der Waals surface area contributed by atoms with Crippen LogP contribution in [0.1, 0.15) is 11.3 Å². The van der Waals surface area contributed by atoms with E-state index >= 15 is 0 Å². The molecule has 1 aromatic carbocycles. The summed E-state index contributed by atoms with van der Waals surface area (Å²) in [5.41, 5.74) is 2.43. The molecule has 0 aliphatic carbocycles. The van der Waals surface area contributed by atoms with Gasteiger partial charge >= 0.3 is 6.03 Å². The lowest BCUT2D eigenvalue weighted by molar-refractivity contribution is -0.120. The molecule has 7 nitrogen and oxygen atoms in total. The maximum Gasteiger partial charge on any atom is 0.325 e. The SMILES string of the molecule is COCCNC(=O)Cc1csc(NC(=O)Nc2ccc(C)cc2)n1. The third-order valence-corrected chi connectivity index (χ3v) is 3.86. The molecule has 0 aliphatic rings. The summed E-state index contributed by atoms with van der Waals surface area (Å²) in [6.45, 7) is 2.91. The van der Waals surface area contributed by atoms with Crippen molar-refractivity contribution in [3.05, 3.63) is 40.9 Å². The maximum absolute atomic E-state index is 11.9. The van der Waals surface area contributed by atoms with Gasteiger partial charge in [-0.3, -0.25) is 10.1 Å². The van der Waals surface area contributed by atoms with Crippen LogP contribution in [-0.2, 0) is 16.0 Å². The minimum atomic E-state index is -0.371. The number of carbonyl (C=O) groups is 2. The first kappa shape index (κ1) is 17.9. The van der Waals surface area contributed by atoms with Gasteiger partial charge in [0.2, 0.25) is 5.91 Å². The van der Waals surface area contributed by atoms with Gasteiger partial charge in [0.15, 0.2) is 5.13 Å². The van der Waals surface area contributed by atoms with Crippen molar-refractivity contribution >= 4 is 34.1 Å². The minimum Gasteiger partial charge on any atom is -0.383 e. The molecule has 2 rings (SSSR count). The third-order valence-electron chi connectivity index (χ3n) is 3.05. The van der Waals surface area contributed by atoms with Crippen LogP contribution in [0.2, 0.25) is 0 Å². The number of anilines is 2. The topological polar surface area (TPSA) is 92.4 Å². The number of thiazole rings is 1. The van der Waals surface area contributed by atoms with E-state index < -0.39 is 0 Å². The molecule has 2 aromatic rings. The Morgan fingerprint density at radius 3 is 2.67 bits per heavy atom. The summed E-state index contributed by atoms with van der Waals surface area (Å²) < 4.78 is 4.86. The van der Waals surface area contributed by atoms with E-state index in [0.29, 0.717) is 29.7 Å². The van der Waals surface area contributed by atoms with Crippen molar-refractivity contribution in [2.24, 2.45) is 0 Å². The molecule has 0 unspecified atom stereocenters. The second kappa shape index (κ2) is 8.99. The van der Waals surface area contributed by atoms with E-state index in [1.807, 2.05) is 31.2 Å². The van der Waals surface area contributed by atoms with Crippen molar-refractivity contribution in [1.29, 1.82) is 0 Å². The van der Waals surface area contributed by atoms with Crippen molar-refractivity contribution in [1.82, 2.24) is 10.3 Å². The fourth-order valence-corrected chi connectivity index (χ4v) is 2.57. The number of hydrogen-bond donors (Lipinski definition) is 3. The summed E-state index contributed by atoms with van der Waals surface area (Å²) in [6.07, 6.45) is 0.168. The number of nitrogens with zero attached hydrogens (tertiary/aromatic N) is 1. The van der Waals surface area contributed by atoms with Gasteiger partial charge in [-0.15, -0.1) is 11.3 Å². The number of hydrogen-bond acceptors (Lipinski definition) is 5. The monoisotopic (exact) mass is 348 g/mol. The van der Waals surface area contributed by atoms with Crippen molar-refractivity contribution < 1.29 is 14.3 Å². The van der Waals surface area contributed by atoms with Crippen LogP contribution in [0.5, 0.6) is 0 Å². The standard InChI is InChI=1S/C16H20N4O3S/c1-11-3-5-12(6-4-11)18-15(22)20-16-19-13(10-24-16)9-14(21)17-7-8-23-2/h3-6,10H,7-9H2,1-2H3,(H,17,21)(H2,18,19,20,22). The van der Waals surface area contributed by atoms with E-state index in [2.05, 4.69) is 20.9 Å². The van der Waals surface area contributed by atoms with E-state index in [1.54, 1.807) is 12.5 Å². The first-order valence-corrected chi connectivity index (χ1v) is 8.29. The first-order valence-electron chi connectivity index (χ1n) is 7.41. The Bertz CT molecular complexity index is 685. The molecule has 3 amide bonds. The molecular weight excluding hydrogens is 328 g/mol. The van der Waals surface area contributed by atoms with Crippen LogP contribution in [0, 0.1) is 6.92 Å². The second-order valence-electron chi connectivity index (χ2n) is 5.11. The molecular formula is C16H20N4O3S. The van der Waals surface area contributed by atoms with E-state index in [9.17, 15) is 9.59 Å². The molecule has 128 valence electrons. The lowest BCUT2D eigenvalue weighted by Crippen LogP contribution is -2.28. The van der Waals surface area contributed by atoms with Gasteiger partial charge < -0.3 is 15.4 Å². The largest absolute Gasteiger partial charge is 0.383 e. The van der Waals surface area contributed by atoms with E-state index in [0.717, 1.165) is 5.56 Å². The quantitative estimate of drug-likeness (QED) is 0.670. The van der Waals surface area contributed by atoms with Crippen molar-refractivity contribution in [2.45, 2.75) is 13.3 Å². The van der Waals surface area contributed by atoms with Gasteiger partial charge in [-0.05, 0) is 19.1 Å². The fourth-order valence-electron chi connectivity index (χ4n) is 1.86. The number of carbonyl (C=O) groups excluding carboxylic acids is 2. The summed E-state index contributed by atoms with van der Waals surface area (Å²) in [4.78, 5) is 27.8. The van der Waals surface area contributed by atoms with Crippen molar-refractivity contribution in [3.63, 3.8) is 0 Å². The molecule has 3 N–H and O–H groups in total. The highest BCUT2D eigenvalue weighted by molar-refractivity contribution is 7.13. The van der Waals surface area contributed by atoms with Gasteiger partial charge in [0.25, 0.3) is 0 Å². The second-order valence-corrected chi connectivity index (χ2v) is 5.97. The Morgan fingerprint density at radius 1 is 1.21 bits per heavy atom. The summed E-state index contributed by atoms with van der Waals surface area (Å²) in [5.74, 6) is -0.131. The van der Waals surface area contributed by atoms with Crippen LogP contribution in [-0.4, -0.2) is 37.2 Å². The minimum absolute atomic E-state index is 0.131. The van der Waals surface area contributed by atoms with Gasteiger partial charge in [0.05, 0.1) is 18.7 Å². The molecule has 0 spiro atoms. The molecule has 1 heterocycles. The van der Waals surface area contributed by atoms with Gasteiger partial charge in [-0.2, -0.15) is 0 Å². The summed E-state index contributed by atoms with van der Waals surface area (Å²) >= 11 is 1.27. The molecule has 0 bridgehead atoms. The molecule has 1 aromatic heterocycles. The molecule has 0 radical (unpaired) electrons. The molecule has 0 saturated carbocycles. The van der Waals surface area contributed by atoms with Crippen LogP contribution >= 0.6 is 11.3 Å². The predicted molar refractivity (Wildman–Crippen MR) is 94.5 cm³/mol. The average Bonchev–Trinajstić information content (AvgIpc) is 2.96. The number of ether oxygens (including phenoxy) is 1. The lowest BCUT2D eigenvalue weighted by atomic mass is 10.2. The Labute approximate surface area is 144 Å². The number of urea groups is 1. The molecule has 0 aliphatic heterocycles. The molecule has 24 heavy (non-hydrogen) atoms. The Morgan fingerprint density at radius 2 is 1.96 bits per heavy atom. The summed E-state index contributed by atoms with van der Waals surface area (Å²) in [6, 6.07) is 7.11. The highest BCUT2D eigenvalue weighted by Crippen LogP contribution is 2.16.